The van der Waals surface area contributed by atoms with Crippen LogP contribution in [0.3, 0.4) is 0 Å². The molecule has 0 amide bonds. The van der Waals surface area contributed by atoms with Crippen molar-refractivity contribution in [2.45, 2.75) is 0 Å². The van der Waals surface area contributed by atoms with Gasteiger partial charge in [-0.25, -0.2) is 4.98 Å². The maximum absolute atomic E-state index is 10.1. The molecule has 0 bridgehead atoms. The van der Waals surface area contributed by atoms with Gasteiger partial charge in [0, 0.05) is 0 Å². The normalized spacial score (nSPS) is 9.45. The molecule has 0 spiro atoms. The second-order valence-corrected chi connectivity index (χ2v) is 1.73. The Kier molecular flexibility index (Phi) is 1.55. The molecule has 0 aliphatic carbocycles. The molecule has 58 valence electrons. The Morgan fingerprint density at radius 1 is 1.27 bits per heavy atom. The zero-order valence-electron chi connectivity index (χ0n) is 5.18. The minimum atomic E-state index is -0.835. The number of rotatable bonds is 2. The number of hydrogen-bond acceptors (Lipinski definition) is 4. The number of nitrogens with one attached hydrogen (secondary N) is 1. The van der Waals surface area contributed by atoms with Gasteiger partial charge in [0.25, 0.3) is 0 Å². The highest BCUT2D eigenvalue weighted by Crippen LogP contribution is 2.23. The van der Waals surface area contributed by atoms with Crippen LogP contribution in [0, 0.1) is 20.2 Å². The second-order valence-electron chi connectivity index (χ2n) is 1.73. The van der Waals surface area contributed by atoms with Gasteiger partial charge in [0.1, 0.15) is 0 Å². The van der Waals surface area contributed by atoms with Crippen LogP contribution in [0.1, 0.15) is 0 Å². The average Bonchev–Trinajstić information content (AvgIpc) is 2.32. The highest BCUT2D eigenvalue weighted by molar-refractivity contribution is 5.46. The molecule has 0 saturated heterocycles. The smallest absolute Gasteiger partial charge is 0.358 e. The molecule has 0 saturated carbocycles. The van der Waals surface area contributed by atoms with Crippen LogP contribution in [-0.2, 0) is 0 Å². The number of aromatic nitrogens is 1. The Hall–Kier alpha value is -1.92. The molecular weight excluding hydrogens is 154 g/mol. The van der Waals surface area contributed by atoms with Gasteiger partial charge in [-0.15, -0.1) is 0 Å². The Bertz CT molecular complexity index is 276. The van der Waals surface area contributed by atoms with Crippen LogP contribution in [0.25, 0.3) is 0 Å². The number of nitrogens with zero attached hydrogens (tertiary/aromatic N) is 2. The van der Waals surface area contributed by atoms with Gasteiger partial charge in [0.15, 0.2) is 0 Å². The van der Waals surface area contributed by atoms with Gasteiger partial charge in [-0.2, -0.15) is 0 Å². The lowest BCUT2D eigenvalue weighted by molar-refractivity contribution is -0.424. The van der Waals surface area contributed by atoms with Crippen molar-refractivity contribution >= 4 is 11.5 Å². The molecule has 0 fully saturated rings. The first-order valence-corrected chi connectivity index (χ1v) is 2.59. The van der Waals surface area contributed by atoms with Crippen LogP contribution in [0.15, 0.2) is 12.3 Å². The van der Waals surface area contributed by atoms with E-state index in [1.54, 1.807) is 0 Å². The third-order valence-electron chi connectivity index (χ3n) is 1.08. The minimum Gasteiger partial charge on any atom is -0.358 e. The number of aromatic amines is 1. The van der Waals surface area contributed by atoms with Crippen LogP contribution in [0.4, 0.5) is 11.5 Å². The minimum absolute atomic E-state index is 0.519. The summed E-state index contributed by atoms with van der Waals surface area (Å²) >= 11 is 0. The van der Waals surface area contributed by atoms with E-state index in [-0.39, 0.29) is 0 Å². The highest BCUT2D eigenvalue weighted by Gasteiger charge is 2.23. The number of hydrogen-bond donors (Lipinski definition) is 1. The van der Waals surface area contributed by atoms with E-state index in [1.165, 1.54) is 0 Å². The number of H-pyrrole nitrogens is 1. The Balaban J connectivity index is 3.16. The second kappa shape index (κ2) is 2.37. The molecule has 1 aromatic heterocycles. The third-order valence-corrected chi connectivity index (χ3v) is 1.08. The first-order chi connectivity index (χ1) is 5.13. The monoisotopic (exact) mass is 157 g/mol. The molecule has 11 heavy (non-hydrogen) atoms. The lowest BCUT2D eigenvalue weighted by Gasteiger charge is -1.88. The summed E-state index contributed by atoms with van der Waals surface area (Å²) in [5, 5.41) is 20.1. The predicted molar refractivity (Wildman–Crippen MR) is 34.1 cm³/mol. The summed E-state index contributed by atoms with van der Waals surface area (Å²) in [6.45, 7) is 0. The van der Waals surface area contributed by atoms with E-state index in [9.17, 15) is 20.2 Å². The molecule has 7 nitrogen and oxygen atoms in total. The van der Waals surface area contributed by atoms with Gasteiger partial charge >= 0.3 is 11.5 Å². The molecule has 1 heterocycles. The van der Waals surface area contributed by atoms with E-state index < -0.39 is 21.4 Å². The van der Waals surface area contributed by atoms with Crippen molar-refractivity contribution in [3.63, 3.8) is 0 Å². The first-order valence-electron chi connectivity index (χ1n) is 2.59. The van der Waals surface area contributed by atoms with Gasteiger partial charge < -0.3 is 10.1 Å². The van der Waals surface area contributed by atoms with Crippen molar-refractivity contribution in [1.82, 2.24) is 4.98 Å². The predicted octanol–water partition coefficient (Wildman–Crippen LogP) is 0.831. The van der Waals surface area contributed by atoms with Crippen molar-refractivity contribution in [3.05, 3.63) is 32.5 Å². The quantitative estimate of drug-likeness (QED) is 0.507. The lowest BCUT2D eigenvalue weighted by Crippen LogP contribution is -1.93. The molecule has 0 unspecified atom stereocenters. The fourth-order valence-electron chi connectivity index (χ4n) is 0.646. The van der Waals surface area contributed by atoms with Crippen LogP contribution >= 0.6 is 0 Å². The largest absolute Gasteiger partial charge is 0.399 e. The molecule has 0 radical (unpaired) electrons. The fraction of sp³-hybridized carbons (Fsp3) is 0. The van der Waals surface area contributed by atoms with Gasteiger partial charge in [-0.1, -0.05) is 0 Å². The van der Waals surface area contributed by atoms with Crippen LogP contribution < -0.4 is 0 Å². The fourth-order valence-corrected chi connectivity index (χ4v) is 0.646. The third kappa shape index (κ3) is 1.16. The zero-order chi connectivity index (χ0) is 8.43. The summed E-state index contributed by atoms with van der Waals surface area (Å²) in [6, 6.07) is 1.04. The SMILES string of the molecule is O=[N+]([O-])c1cc[nH]c1[N+](=O)[O-]. The maximum atomic E-state index is 10.1. The number of nitro groups is 2. The van der Waals surface area contributed by atoms with E-state index in [1.807, 2.05) is 0 Å². The molecule has 0 aliphatic rings. The van der Waals surface area contributed by atoms with E-state index in [4.69, 9.17) is 0 Å². The zero-order valence-corrected chi connectivity index (χ0v) is 5.18. The Morgan fingerprint density at radius 3 is 2.27 bits per heavy atom. The molecule has 1 aromatic rings. The maximum Gasteiger partial charge on any atom is 0.399 e. The van der Waals surface area contributed by atoms with Crippen LogP contribution in [0.2, 0.25) is 0 Å². The topological polar surface area (TPSA) is 102 Å². The van der Waals surface area contributed by atoms with Gasteiger partial charge in [-0.3, -0.25) is 10.1 Å². The van der Waals surface area contributed by atoms with E-state index in [2.05, 4.69) is 4.98 Å². The summed E-state index contributed by atoms with van der Waals surface area (Å²) in [4.78, 5) is 20.6. The summed E-state index contributed by atoms with van der Waals surface area (Å²) in [7, 11) is 0. The summed E-state index contributed by atoms with van der Waals surface area (Å²) in [5.41, 5.74) is -0.519. The van der Waals surface area contributed by atoms with Gasteiger partial charge in [0.2, 0.25) is 0 Å². The molecule has 7 heteroatoms. The van der Waals surface area contributed by atoms with Crippen molar-refractivity contribution in [1.29, 1.82) is 0 Å². The summed E-state index contributed by atoms with van der Waals surface area (Å²) < 4.78 is 0. The standard InChI is InChI=1S/C4H3N3O4/c8-6(9)3-1-2-5-4(3)7(10)11/h1-2,5H. The average molecular weight is 157 g/mol. The van der Waals surface area contributed by atoms with Crippen LogP contribution in [0.5, 0.6) is 0 Å². The lowest BCUT2D eigenvalue weighted by atomic mass is 10.5. The van der Waals surface area contributed by atoms with E-state index >= 15 is 0 Å². The van der Waals surface area contributed by atoms with Gasteiger partial charge in [0.05, 0.1) is 17.2 Å². The van der Waals surface area contributed by atoms with E-state index in [0.29, 0.717) is 0 Å². The highest BCUT2D eigenvalue weighted by atomic mass is 16.6. The van der Waals surface area contributed by atoms with Crippen molar-refractivity contribution in [3.8, 4) is 0 Å². The Morgan fingerprint density at radius 2 is 1.91 bits per heavy atom. The first kappa shape index (κ1) is 7.19. The molecule has 0 aromatic carbocycles. The molecule has 1 N–H and O–H groups in total. The van der Waals surface area contributed by atoms with Crippen LogP contribution in [-0.4, -0.2) is 14.8 Å². The Labute approximate surface area is 59.9 Å². The molecule has 0 aliphatic heterocycles. The molecule has 0 atom stereocenters. The summed E-state index contributed by atoms with van der Waals surface area (Å²) in [6.07, 6.45) is 1.15. The van der Waals surface area contributed by atoms with Crippen molar-refractivity contribution in [2.75, 3.05) is 0 Å². The molecule has 1 rings (SSSR count). The van der Waals surface area contributed by atoms with Crippen molar-refractivity contribution in [2.24, 2.45) is 0 Å². The van der Waals surface area contributed by atoms with Crippen molar-refractivity contribution < 1.29 is 9.85 Å². The molecular formula is C4H3N3O4. The van der Waals surface area contributed by atoms with E-state index in [0.717, 1.165) is 12.3 Å². The summed E-state index contributed by atoms with van der Waals surface area (Å²) in [5.74, 6) is -0.588. The van der Waals surface area contributed by atoms with Gasteiger partial charge in [-0.05, 0) is 4.92 Å².